The second kappa shape index (κ2) is 11.1. The van der Waals surface area contributed by atoms with Crippen molar-refractivity contribution >= 4 is 53.4 Å². The average Bonchev–Trinajstić information content (AvgIpc) is 3.29. The number of H-pyrrole nitrogens is 1. The molecule has 0 unspecified atom stereocenters. The Morgan fingerprint density at radius 2 is 1.68 bits per heavy atom. The van der Waals surface area contributed by atoms with E-state index in [1.54, 1.807) is 51.1 Å². The Morgan fingerprint density at radius 1 is 1.02 bits per heavy atom. The molecule has 5 rings (SSSR count). The van der Waals surface area contributed by atoms with Crippen LogP contribution in [0.3, 0.4) is 0 Å². The molecule has 0 fully saturated rings. The highest BCUT2D eigenvalue weighted by Crippen LogP contribution is 2.37. The lowest BCUT2D eigenvalue weighted by Crippen LogP contribution is -2.34. The van der Waals surface area contributed by atoms with Crippen molar-refractivity contribution in [2.45, 2.75) is 42.3 Å². The Kier molecular flexibility index (Phi) is 7.75. The molecule has 0 bridgehead atoms. The summed E-state index contributed by atoms with van der Waals surface area (Å²) in [6.07, 6.45) is 2.32. The molecule has 0 aliphatic rings. The van der Waals surface area contributed by atoms with Gasteiger partial charge < -0.3 is 14.5 Å². The minimum atomic E-state index is -4.22. The van der Waals surface area contributed by atoms with Gasteiger partial charge in [0.2, 0.25) is 24.8 Å². The van der Waals surface area contributed by atoms with Crippen LogP contribution in [-0.4, -0.2) is 66.8 Å². The van der Waals surface area contributed by atoms with Gasteiger partial charge in [-0.05, 0) is 38.5 Å². The van der Waals surface area contributed by atoms with Gasteiger partial charge in [0.05, 0.1) is 34.7 Å². The largest absolute Gasteiger partial charge is 0.443 e. The molecule has 0 atom stereocenters. The molecule has 0 aliphatic heterocycles. The minimum Gasteiger partial charge on any atom is -0.443 e. The molecule has 13 nitrogen and oxygen atoms in total. The smallest absolute Gasteiger partial charge is 0.414 e. The topological polar surface area (TPSA) is 174 Å². The van der Waals surface area contributed by atoms with E-state index in [1.807, 2.05) is 0 Å². The van der Waals surface area contributed by atoms with E-state index < -0.39 is 59.1 Å². The number of nitrogens with one attached hydrogen (secondary N) is 1. The van der Waals surface area contributed by atoms with Gasteiger partial charge in [-0.25, -0.2) is 36.0 Å². The Morgan fingerprint density at radius 3 is 2.30 bits per heavy atom. The summed E-state index contributed by atoms with van der Waals surface area (Å²) in [7, 11) is -6.51. The fourth-order valence-electron chi connectivity index (χ4n) is 4.27. The van der Waals surface area contributed by atoms with Gasteiger partial charge in [0.15, 0.2) is 10.8 Å². The number of carbonyl (C=O) groups is 1. The maximum Gasteiger partial charge on any atom is 0.414 e. The zero-order chi connectivity index (χ0) is 32.0. The van der Waals surface area contributed by atoms with E-state index in [0.29, 0.717) is 5.56 Å². The zero-order valence-corrected chi connectivity index (χ0v) is 25.8. The van der Waals surface area contributed by atoms with Gasteiger partial charge in [-0.3, -0.25) is 4.90 Å². The maximum absolute atomic E-state index is 15.1. The van der Waals surface area contributed by atoms with E-state index in [9.17, 15) is 21.6 Å². The fourth-order valence-corrected chi connectivity index (χ4v) is 6.26. The van der Waals surface area contributed by atoms with Crippen molar-refractivity contribution in [3.05, 3.63) is 66.2 Å². The molecule has 3 heterocycles. The van der Waals surface area contributed by atoms with Crippen molar-refractivity contribution in [2.75, 3.05) is 18.2 Å². The van der Waals surface area contributed by atoms with Crippen LogP contribution in [0.2, 0.25) is 0 Å². The summed E-state index contributed by atoms with van der Waals surface area (Å²) in [4.78, 5) is 33.0. The van der Waals surface area contributed by atoms with Gasteiger partial charge in [0, 0.05) is 18.7 Å². The number of aromatic nitrogens is 5. The lowest BCUT2D eigenvalue weighted by Gasteiger charge is -2.25. The standard InChI is InChI=1S/C28H27FN6O7S2/c1-28(2,3)42-27(36)35(4)20-12-17(29)11-19-21-23(32-22(19)20)33-25(41-18-13-30-26(31-14-18)43(5,37)38)34-24(21)44(39,40)15-16-9-7-6-8-10-16/h6-14H,15H2,1-5H3,(H,32,33,34). The van der Waals surface area contributed by atoms with E-state index in [0.717, 1.165) is 35.7 Å². The van der Waals surface area contributed by atoms with Crippen LogP contribution in [0.15, 0.2) is 65.0 Å². The molecule has 3 aromatic heterocycles. The number of carbonyl (C=O) groups excluding carboxylic acids is 1. The van der Waals surface area contributed by atoms with Crippen LogP contribution >= 0.6 is 0 Å². The molecule has 0 saturated heterocycles. The first-order valence-electron chi connectivity index (χ1n) is 13.0. The summed E-state index contributed by atoms with van der Waals surface area (Å²) in [5.41, 5.74) is -0.139. The highest BCUT2D eigenvalue weighted by atomic mass is 32.2. The summed E-state index contributed by atoms with van der Waals surface area (Å²) in [5, 5.41) is -0.820. The van der Waals surface area contributed by atoms with Crippen molar-refractivity contribution < 1.29 is 35.5 Å². The van der Waals surface area contributed by atoms with Crippen molar-refractivity contribution in [1.29, 1.82) is 0 Å². The van der Waals surface area contributed by atoms with Crippen LogP contribution < -0.4 is 9.64 Å². The summed E-state index contributed by atoms with van der Waals surface area (Å²) in [6, 6.07) is 10.2. The molecule has 5 aromatic rings. The minimum absolute atomic E-state index is 0.0229. The fraction of sp³-hybridized carbons (Fsp3) is 0.250. The molecule has 1 N–H and O–H groups in total. The molecule has 0 radical (unpaired) electrons. The molecule has 0 saturated carbocycles. The normalized spacial score (nSPS) is 12.4. The zero-order valence-electron chi connectivity index (χ0n) is 24.2. The number of fused-ring (bicyclic) bond motifs is 3. The van der Waals surface area contributed by atoms with Gasteiger partial charge in [-0.2, -0.15) is 9.97 Å². The van der Waals surface area contributed by atoms with Crippen LogP contribution in [0.4, 0.5) is 14.9 Å². The number of halogens is 1. The summed E-state index contributed by atoms with van der Waals surface area (Å²) in [5.74, 6) is -1.27. The van der Waals surface area contributed by atoms with Crippen molar-refractivity contribution in [3.8, 4) is 11.8 Å². The van der Waals surface area contributed by atoms with E-state index in [4.69, 9.17) is 9.47 Å². The molecule has 0 aliphatic carbocycles. The van der Waals surface area contributed by atoms with Gasteiger partial charge >= 0.3 is 12.1 Å². The quantitative estimate of drug-likeness (QED) is 0.194. The van der Waals surface area contributed by atoms with Gasteiger partial charge in [-0.15, -0.1) is 0 Å². The molecular weight excluding hydrogens is 615 g/mol. The van der Waals surface area contributed by atoms with E-state index in [1.165, 1.54) is 7.05 Å². The first-order valence-corrected chi connectivity index (χ1v) is 16.5. The van der Waals surface area contributed by atoms with Crippen molar-refractivity contribution in [2.24, 2.45) is 0 Å². The number of nitrogens with zero attached hydrogens (tertiary/aromatic N) is 5. The number of rotatable bonds is 7. The number of ether oxygens (including phenoxy) is 2. The number of hydrogen-bond acceptors (Lipinski definition) is 11. The first kappa shape index (κ1) is 30.7. The molecular formula is C28H27FN6O7S2. The molecule has 2 aromatic carbocycles. The Bertz CT molecular complexity index is 2110. The number of amides is 1. The number of anilines is 1. The SMILES string of the molecule is CN(C(=O)OC(C)(C)C)c1cc(F)cc2c1[nH]c1nc(Oc3cnc(S(C)(=O)=O)nc3)nc(S(=O)(=O)Cc3ccccc3)c12. The lowest BCUT2D eigenvalue weighted by molar-refractivity contribution is 0.0589. The van der Waals surface area contributed by atoms with Crippen LogP contribution in [0.25, 0.3) is 21.9 Å². The van der Waals surface area contributed by atoms with E-state index in [-0.39, 0.29) is 33.4 Å². The van der Waals surface area contributed by atoms with Crippen LogP contribution in [0, 0.1) is 5.82 Å². The summed E-state index contributed by atoms with van der Waals surface area (Å²) < 4.78 is 77.3. The number of benzene rings is 2. The molecule has 1 amide bonds. The predicted molar refractivity (Wildman–Crippen MR) is 159 cm³/mol. The third-order valence-electron chi connectivity index (χ3n) is 6.12. The van der Waals surface area contributed by atoms with Crippen LogP contribution in [0.1, 0.15) is 26.3 Å². The van der Waals surface area contributed by atoms with Crippen molar-refractivity contribution in [3.63, 3.8) is 0 Å². The Labute approximate surface area is 251 Å². The first-order chi connectivity index (χ1) is 20.5. The number of hydrogen-bond donors (Lipinski definition) is 1. The monoisotopic (exact) mass is 642 g/mol. The summed E-state index contributed by atoms with van der Waals surface area (Å²) in [6.45, 7) is 5.05. The Balaban J connectivity index is 1.71. The lowest BCUT2D eigenvalue weighted by atomic mass is 10.1. The molecule has 44 heavy (non-hydrogen) atoms. The molecule has 16 heteroatoms. The number of aromatic amines is 1. The highest BCUT2D eigenvalue weighted by Gasteiger charge is 2.29. The van der Waals surface area contributed by atoms with Crippen LogP contribution in [-0.2, 0) is 30.2 Å². The Hall–Kier alpha value is -4.70. The molecule has 230 valence electrons. The van der Waals surface area contributed by atoms with Gasteiger partial charge in [0.1, 0.15) is 17.1 Å². The second-order valence-electron chi connectivity index (χ2n) is 10.9. The predicted octanol–water partition coefficient (Wildman–Crippen LogP) is 4.58. The van der Waals surface area contributed by atoms with E-state index >= 15 is 4.39 Å². The second-order valence-corrected chi connectivity index (χ2v) is 14.7. The third-order valence-corrected chi connectivity index (χ3v) is 8.59. The highest BCUT2D eigenvalue weighted by molar-refractivity contribution is 7.91. The maximum atomic E-state index is 15.1. The van der Waals surface area contributed by atoms with E-state index in [2.05, 4.69) is 24.9 Å². The van der Waals surface area contributed by atoms with Gasteiger partial charge in [0.25, 0.3) is 0 Å². The molecule has 0 spiro atoms. The van der Waals surface area contributed by atoms with Crippen molar-refractivity contribution in [1.82, 2.24) is 24.9 Å². The van der Waals surface area contributed by atoms with Crippen LogP contribution in [0.5, 0.6) is 11.8 Å². The number of sulfone groups is 2. The summed E-state index contributed by atoms with van der Waals surface area (Å²) >= 11 is 0. The van der Waals surface area contributed by atoms with Gasteiger partial charge in [-0.1, -0.05) is 30.3 Å². The third kappa shape index (κ3) is 6.45. The average molecular weight is 643 g/mol.